The van der Waals surface area contributed by atoms with Crippen molar-refractivity contribution in [3.05, 3.63) is 61.0 Å². The van der Waals surface area contributed by atoms with Crippen LogP contribution in [0, 0.1) is 0 Å². The fraction of sp³-hybridized carbons (Fsp3) is 0.111. The Hall–Kier alpha value is -2.66. The maximum Gasteiger partial charge on any atom is 0.231 e. The minimum Gasteiger partial charge on any atom is -0.454 e. The van der Waals surface area contributed by atoms with Crippen LogP contribution >= 0.6 is 0 Å². The van der Waals surface area contributed by atoms with Crippen molar-refractivity contribution in [2.24, 2.45) is 0 Å². The number of fused-ring (bicyclic) bond motifs is 2. The lowest BCUT2D eigenvalue weighted by molar-refractivity contribution is 0.173. The Morgan fingerprint density at radius 1 is 0.696 bits per heavy atom. The summed E-state index contributed by atoms with van der Waals surface area (Å²) in [5.74, 6) is 3.08. The first-order chi connectivity index (χ1) is 11.3. The molecule has 2 heterocycles. The average molecular weight is 324 g/mol. The zero-order chi connectivity index (χ0) is 15.9. The van der Waals surface area contributed by atoms with E-state index < -0.39 is 8.07 Å². The summed E-state index contributed by atoms with van der Waals surface area (Å²) in [5, 5.41) is 2.29. The molecule has 0 saturated carbocycles. The van der Waals surface area contributed by atoms with Gasteiger partial charge in [-0.25, -0.2) is 0 Å². The second-order valence-electron chi connectivity index (χ2n) is 5.41. The molecule has 0 aromatic heterocycles. The molecule has 2 aromatic carbocycles. The molecule has 0 amide bonds. The molecule has 5 heteroatoms. The highest BCUT2D eigenvalue weighted by Gasteiger charge is 2.34. The topological polar surface area (TPSA) is 36.9 Å². The third-order valence-electron chi connectivity index (χ3n) is 4.34. The lowest BCUT2D eigenvalue weighted by Crippen LogP contribution is -2.55. The summed E-state index contributed by atoms with van der Waals surface area (Å²) in [6.07, 6.45) is 0. The molecule has 4 rings (SSSR count). The van der Waals surface area contributed by atoms with E-state index in [4.69, 9.17) is 18.9 Å². The van der Waals surface area contributed by atoms with Crippen molar-refractivity contribution < 1.29 is 18.9 Å². The summed E-state index contributed by atoms with van der Waals surface area (Å²) in [5.41, 5.74) is 4.02. The number of hydrogen-bond acceptors (Lipinski definition) is 4. The summed E-state index contributed by atoms with van der Waals surface area (Å²) in [6.45, 7) is 8.71. The Morgan fingerprint density at radius 2 is 1.13 bits per heavy atom. The minimum atomic E-state index is -2.32. The molecular formula is C18H16O4Si. The molecule has 2 aliphatic rings. The highest BCUT2D eigenvalue weighted by Crippen LogP contribution is 2.33. The van der Waals surface area contributed by atoms with Crippen LogP contribution in [0.25, 0.3) is 0 Å². The van der Waals surface area contributed by atoms with E-state index >= 15 is 0 Å². The summed E-state index contributed by atoms with van der Waals surface area (Å²) in [7, 11) is -2.32. The van der Waals surface area contributed by atoms with Crippen molar-refractivity contribution in [3.8, 4) is 23.0 Å². The van der Waals surface area contributed by atoms with Crippen LogP contribution in [-0.4, -0.2) is 21.7 Å². The summed E-state index contributed by atoms with van der Waals surface area (Å²) in [4.78, 5) is 0. The monoisotopic (exact) mass is 324 g/mol. The minimum absolute atomic E-state index is 0.263. The maximum atomic E-state index is 5.52. The van der Waals surface area contributed by atoms with Gasteiger partial charge in [-0.3, -0.25) is 0 Å². The van der Waals surface area contributed by atoms with Gasteiger partial charge in [0.2, 0.25) is 13.6 Å². The van der Waals surface area contributed by atoms with Gasteiger partial charge in [0, 0.05) is 0 Å². The normalized spacial score (nSPS) is 14.6. The van der Waals surface area contributed by atoms with E-state index in [1.54, 1.807) is 0 Å². The molecule has 116 valence electrons. The van der Waals surface area contributed by atoms with E-state index in [-0.39, 0.29) is 13.6 Å². The van der Waals surface area contributed by atoms with Crippen molar-refractivity contribution in [1.82, 2.24) is 0 Å². The average Bonchev–Trinajstić information content (AvgIpc) is 3.24. The van der Waals surface area contributed by atoms with E-state index in [2.05, 4.69) is 25.3 Å². The van der Waals surface area contributed by atoms with Crippen LogP contribution in [0.5, 0.6) is 23.0 Å². The molecule has 0 spiro atoms. The molecule has 0 N–H and O–H groups in total. The highest BCUT2D eigenvalue weighted by atomic mass is 28.3. The van der Waals surface area contributed by atoms with E-state index in [0.29, 0.717) is 0 Å². The molecule has 0 bridgehead atoms. The third kappa shape index (κ3) is 2.04. The highest BCUT2D eigenvalue weighted by molar-refractivity contribution is 7.09. The molecule has 4 nitrogen and oxygen atoms in total. The SMILES string of the molecule is C=C[Si](C=C)(c1ccc2c(c1)OCO2)c1ccc2c(c1)OCO2. The third-order valence-corrected chi connectivity index (χ3v) is 8.17. The fourth-order valence-electron chi connectivity index (χ4n) is 3.03. The van der Waals surface area contributed by atoms with E-state index in [1.807, 2.05) is 35.7 Å². The first-order valence-corrected chi connectivity index (χ1v) is 9.50. The van der Waals surface area contributed by atoms with Gasteiger partial charge in [-0.05, 0) is 34.6 Å². The maximum absolute atomic E-state index is 5.52. The Labute approximate surface area is 135 Å². The fourth-order valence-corrected chi connectivity index (χ4v) is 5.93. The van der Waals surface area contributed by atoms with Crippen molar-refractivity contribution in [2.45, 2.75) is 0 Å². The van der Waals surface area contributed by atoms with Gasteiger partial charge in [0.05, 0.1) is 0 Å². The van der Waals surface area contributed by atoms with Crippen LogP contribution in [-0.2, 0) is 0 Å². The molecule has 0 saturated heterocycles. The smallest absolute Gasteiger partial charge is 0.231 e. The summed E-state index contributed by atoms with van der Waals surface area (Å²) in [6, 6.07) is 12.1. The van der Waals surface area contributed by atoms with Gasteiger partial charge in [0.25, 0.3) is 0 Å². The van der Waals surface area contributed by atoms with Crippen LogP contribution < -0.4 is 29.3 Å². The predicted octanol–water partition coefficient (Wildman–Crippen LogP) is 2.16. The van der Waals surface area contributed by atoms with Gasteiger partial charge in [-0.1, -0.05) is 23.5 Å². The van der Waals surface area contributed by atoms with Crippen LogP contribution in [0.1, 0.15) is 0 Å². The molecule has 2 aromatic rings. The zero-order valence-electron chi connectivity index (χ0n) is 12.6. The molecule has 0 fully saturated rings. The second-order valence-corrected chi connectivity index (χ2v) is 9.12. The predicted molar refractivity (Wildman–Crippen MR) is 90.5 cm³/mol. The summed E-state index contributed by atoms with van der Waals surface area (Å²) >= 11 is 0. The molecule has 0 radical (unpaired) electrons. The molecular weight excluding hydrogens is 308 g/mol. The van der Waals surface area contributed by atoms with Gasteiger partial charge in [0.15, 0.2) is 31.1 Å². The number of hydrogen-bond donors (Lipinski definition) is 0. The largest absolute Gasteiger partial charge is 0.454 e. The molecule has 23 heavy (non-hydrogen) atoms. The van der Waals surface area contributed by atoms with Crippen LogP contribution in [0.2, 0.25) is 0 Å². The Kier molecular flexibility index (Phi) is 3.16. The molecule has 0 unspecified atom stereocenters. The second kappa shape index (κ2) is 5.21. The lowest BCUT2D eigenvalue weighted by atomic mass is 10.3. The number of rotatable bonds is 4. The van der Waals surface area contributed by atoms with Gasteiger partial charge in [-0.15, -0.1) is 13.2 Å². The van der Waals surface area contributed by atoms with E-state index in [1.165, 1.54) is 0 Å². The quantitative estimate of drug-likeness (QED) is 0.808. The molecule has 2 aliphatic heterocycles. The van der Waals surface area contributed by atoms with E-state index in [0.717, 1.165) is 33.4 Å². The van der Waals surface area contributed by atoms with Gasteiger partial charge < -0.3 is 18.9 Å². The van der Waals surface area contributed by atoms with Crippen molar-refractivity contribution in [2.75, 3.05) is 13.6 Å². The van der Waals surface area contributed by atoms with Gasteiger partial charge >= 0.3 is 0 Å². The van der Waals surface area contributed by atoms with Crippen LogP contribution in [0.3, 0.4) is 0 Å². The van der Waals surface area contributed by atoms with Gasteiger partial charge in [-0.2, -0.15) is 0 Å². The first-order valence-electron chi connectivity index (χ1n) is 7.34. The zero-order valence-corrected chi connectivity index (χ0v) is 13.6. The van der Waals surface area contributed by atoms with E-state index in [9.17, 15) is 0 Å². The molecule has 0 atom stereocenters. The summed E-state index contributed by atoms with van der Waals surface area (Å²) < 4.78 is 21.8. The Morgan fingerprint density at radius 3 is 1.57 bits per heavy atom. The van der Waals surface area contributed by atoms with Gasteiger partial charge in [0.1, 0.15) is 0 Å². The Bertz CT molecular complexity index is 732. The van der Waals surface area contributed by atoms with Crippen molar-refractivity contribution in [3.63, 3.8) is 0 Å². The molecule has 0 aliphatic carbocycles. The Balaban J connectivity index is 1.86. The number of benzene rings is 2. The van der Waals surface area contributed by atoms with Crippen molar-refractivity contribution >= 4 is 18.4 Å². The van der Waals surface area contributed by atoms with Crippen LogP contribution in [0.15, 0.2) is 61.0 Å². The lowest BCUT2D eigenvalue weighted by Gasteiger charge is -2.26. The van der Waals surface area contributed by atoms with Crippen molar-refractivity contribution in [1.29, 1.82) is 0 Å². The first kappa shape index (κ1) is 14.0. The van der Waals surface area contributed by atoms with Crippen LogP contribution in [0.4, 0.5) is 0 Å². The number of ether oxygens (including phenoxy) is 4. The standard InChI is InChI=1S/C18H16O4Si/c1-3-23(4-2,13-5-7-15-17(9-13)21-11-19-15)14-6-8-16-18(10-14)22-12-20-16/h3-10H,1-2,11-12H2.